The Hall–Kier alpha value is -0.800. The van der Waals surface area contributed by atoms with Crippen LogP contribution in [-0.4, -0.2) is 19.0 Å². The van der Waals surface area contributed by atoms with Gasteiger partial charge in [-0.3, -0.25) is 0 Å². The SMILES string of the molecule is CN(C)Cc1ccc(CN)o1. The Morgan fingerprint density at radius 3 is 2.45 bits per heavy atom. The molecule has 0 aliphatic rings. The largest absolute Gasteiger partial charge is 0.463 e. The Bertz CT molecular complexity index is 218. The first-order chi connectivity index (χ1) is 5.22. The standard InChI is InChI=1S/C8H14N2O/c1-10(2)6-8-4-3-7(5-9)11-8/h3-4H,5-6,9H2,1-2H3. The molecule has 0 aliphatic heterocycles. The molecule has 3 heteroatoms. The van der Waals surface area contributed by atoms with Crippen LogP contribution in [0.2, 0.25) is 0 Å². The van der Waals surface area contributed by atoms with Crippen LogP contribution in [0.25, 0.3) is 0 Å². The van der Waals surface area contributed by atoms with Crippen LogP contribution < -0.4 is 5.73 Å². The van der Waals surface area contributed by atoms with E-state index in [-0.39, 0.29) is 0 Å². The zero-order valence-corrected chi connectivity index (χ0v) is 7.00. The van der Waals surface area contributed by atoms with Crippen LogP contribution in [0.4, 0.5) is 0 Å². The smallest absolute Gasteiger partial charge is 0.118 e. The molecular weight excluding hydrogens is 140 g/mol. The van der Waals surface area contributed by atoms with Crippen LogP contribution in [0, 0.1) is 0 Å². The van der Waals surface area contributed by atoms with Crippen molar-refractivity contribution in [2.75, 3.05) is 14.1 Å². The Morgan fingerprint density at radius 2 is 2.00 bits per heavy atom. The number of hydrogen-bond donors (Lipinski definition) is 1. The van der Waals surface area contributed by atoms with Crippen molar-refractivity contribution in [2.24, 2.45) is 5.73 Å². The summed E-state index contributed by atoms with van der Waals surface area (Å²) in [4.78, 5) is 2.05. The van der Waals surface area contributed by atoms with Gasteiger partial charge in [-0.25, -0.2) is 0 Å². The Labute approximate surface area is 66.8 Å². The highest BCUT2D eigenvalue weighted by Crippen LogP contribution is 2.07. The predicted octanol–water partition coefficient (Wildman–Crippen LogP) is 0.800. The third-order valence-corrected chi connectivity index (χ3v) is 1.39. The molecule has 1 aromatic rings. The number of nitrogens with zero attached hydrogens (tertiary/aromatic N) is 1. The Balaban J connectivity index is 2.58. The molecule has 1 heterocycles. The summed E-state index contributed by atoms with van der Waals surface area (Å²) in [5.41, 5.74) is 5.39. The molecule has 0 aliphatic carbocycles. The van der Waals surface area contributed by atoms with Crippen molar-refractivity contribution in [3.8, 4) is 0 Å². The number of hydrogen-bond acceptors (Lipinski definition) is 3. The highest BCUT2D eigenvalue weighted by Gasteiger charge is 2.00. The molecular formula is C8H14N2O. The second-order valence-electron chi connectivity index (χ2n) is 2.81. The molecule has 0 bridgehead atoms. The Morgan fingerprint density at radius 1 is 1.36 bits per heavy atom. The van der Waals surface area contributed by atoms with E-state index < -0.39 is 0 Å². The lowest BCUT2D eigenvalue weighted by molar-refractivity contribution is 0.342. The van der Waals surface area contributed by atoms with Crippen molar-refractivity contribution in [1.29, 1.82) is 0 Å². The van der Waals surface area contributed by atoms with Crippen molar-refractivity contribution in [3.05, 3.63) is 23.7 Å². The molecule has 62 valence electrons. The molecule has 11 heavy (non-hydrogen) atoms. The minimum Gasteiger partial charge on any atom is -0.463 e. The maximum absolute atomic E-state index is 5.39. The maximum atomic E-state index is 5.39. The molecule has 0 saturated heterocycles. The average molecular weight is 154 g/mol. The summed E-state index contributed by atoms with van der Waals surface area (Å²) < 4.78 is 5.38. The summed E-state index contributed by atoms with van der Waals surface area (Å²) in [6, 6.07) is 3.88. The lowest BCUT2D eigenvalue weighted by Gasteiger charge is -2.05. The molecule has 0 amide bonds. The van der Waals surface area contributed by atoms with Crippen molar-refractivity contribution >= 4 is 0 Å². The number of rotatable bonds is 3. The monoisotopic (exact) mass is 154 g/mol. The van der Waals surface area contributed by atoms with E-state index in [9.17, 15) is 0 Å². The molecule has 0 spiro atoms. The van der Waals surface area contributed by atoms with E-state index >= 15 is 0 Å². The second kappa shape index (κ2) is 3.55. The van der Waals surface area contributed by atoms with E-state index in [4.69, 9.17) is 10.2 Å². The molecule has 0 aromatic carbocycles. The van der Waals surface area contributed by atoms with Gasteiger partial charge in [-0.05, 0) is 26.2 Å². The lowest BCUT2D eigenvalue weighted by Crippen LogP contribution is -2.09. The van der Waals surface area contributed by atoms with E-state index in [1.165, 1.54) is 0 Å². The molecule has 0 saturated carbocycles. The van der Waals surface area contributed by atoms with Gasteiger partial charge in [0.25, 0.3) is 0 Å². The number of nitrogens with two attached hydrogens (primary N) is 1. The van der Waals surface area contributed by atoms with Gasteiger partial charge in [0, 0.05) is 0 Å². The first-order valence-electron chi connectivity index (χ1n) is 3.64. The van der Waals surface area contributed by atoms with E-state index in [0.29, 0.717) is 6.54 Å². The maximum Gasteiger partial charge on any atom is 0.118 e. The summed E-state index contributed by atoms with van der Waals surface area (Å²) in [5, 5.41) is 0. The van der Waals surface area contributed by atoms with E-state index in [1.54, 1.807) is 0 Å². The molecule has 2 N–H and O–H groups in total. The van der Waals surface area contributed by atoms with Gasteiger partial charge in [0.05, 0.1) is 13.1 Å². The molecule has 1 aromatic heterocycles. The van der Waals surface area contributed by atoms with Gasteiger partial charge < -0.3 is 15.1 Å². The zero-order chi connectivity index (χ0) is 8.27. The fourth-order valence-corrected chi connectivity index (χ4v) is 0.929. The van der Waals surface area contributed by atoms with Crippen LogP contribution in [-0.2, 0) is 13.1 Å². The van der Waals surface area contributed by atoms with E-state index in [0.717, 1.165) is 18.1 Å². The third kappa shape index (κ3) is 2.37. The van der Waals surface area contributed by atoms with Gasteiger partial charge in [-0.2, -0.15) is 0 Å². The summed E-state index contributed by atoms with van der Waals surface area (Å²) in [5.74, 6) is 1.82. The van der Waals surface area contributed by atoms with E-state index in [2.05, 4.69) is 4.90 Å². The first-order valence-corrected chi connectivity index (χ1v) is 3.64. The molecule has 1 rings (SSSR count). The minimum absolute atomic E-state index is 0.480. The van der Waals surface area contributed by atoms with Gasteiger partial charge >= 0.3 is 0 Å². The molecule has 0 unspecified atom stereocenters. The van der Waals surface area contributed by atoms with Gasteiger partial charge in [-0.1, -0.05) is 0 Å². The van der Waals surface area contributed by atoms with Crippen molar-refractivity contribution in [2.45, 2.75) is 13.1 Å². The quantitative estimate of drug-likeness (QED) is 0.700. The number of furan rings is 1. The molecule has 0 radical (unpaired) electrons. The van der Waals surface area contributed by atoms with Gasteiger partial charge in [0.1, 0.15) is 11.5 Å². The summed E-state index contributed by atoms with van der Waals surface area (Å²) in [7, 11) is 4.01. The summed E-state index contributed by atoms with van der Waals surface area (Å²) in [6.07, 6.45) is 0. The predicted molar refractivity (Wildman–Crippen MR) is 44.0 cm³/mol. The normalized spacial score (nSPS) is 10.9. The highest BCUT2D eigenvalue weighted by molar-refractivity contribution is 5.06. The van der Waals surface area contributed by atoms with Crippen LogP contribution in [0.3, 0.4) is 0 Å². The van der Waals surface area contributed by atoms with Crippen LogP contribution in [0.15, 0.2) is 16.5 Å². The van der Waals surface area contributed by atoms with Crippen LogP contribution in [0.1, 0.15) is 11.5 Å². The highest BCUT2D eigenvalue weighted by atomic mass is 16.3. The third-order valence-electron chi connectivity index (χ3n) is 1.39. The first kappa shape index (κ1) is 8.30. The molecule has 3 nitrogen and oxygen atoms in total. The van der Waals surface area contributed by atoms with Gasteiger partial charge in [-0.15, -0.1) is 0 Å². The summed E-state index contributed by atoms with van der Waals surface area (Å²) in [6.45, 7) is 1.31. The van der Waals surface area contributed by atoms with Crippen molar-refractivity contribution < 1.29 is 4.42 Å². The van der Waals surface area contributed by atoms with Crippen LogP contribution in [0.5, 0.6) is 0 Å². The van der Waals surface area contributed by atoms with E-state index in [1.807, 2.05) is 26.2 Å². The van der Waals surface area contributed by atoms with Crippen LogP contribution >= 0.6 is 0 Å². The Kier molecular flexibility index (Phi) is 2.68. The average Bonchev–Trinajstić information content (AvgIpc) is 2.34. The molecule has 0 atom stereocenters. The van der Waals surface area contributed by atoms with Crippen molar-refractivity contribution in [3.63, 3.8) is 0 Å². The molecule has 0 fully saturated rings. The van der Waals surface area contributed by atoms with Gasteiger partial charge in [0.2, 0.25) is 0 Å². The topological polar surface area (TPSA) is 42.4 Å². The zero-order valence-electron chi connectivity index (χ0n) is 7.00. The lowest BCUT2D eigenvalue weighted by atomic mass is 10.4. The fraction of sp³-hybridized carbons (Fsp3) is 0.500. The fourth-order valence-electron chi connectivity index (χ4n) is 0.929. The minimum atomic E-state index is 0.480. The van der Waals surface area contributed by atoms with Crippen molar-refractivity contribution in [1.82, 2.24) is 4.90 Å². The summed E-state index contributed by atoms with van der Waals surface area (Å²) >= 11 is 0. The second-order valence-corrected chi connectivity index (χ2v) is 2.81. The van der Waals surface area contributed by atoms with Gasteiger partial charge in [0.15, 0.2) is 0 Å².